The zero-order valence-corrected chi connectivity index (χ0v) is 21.9. The van der Waals surface area contributed by atoms with E-state index in [2.05, 4.69) is 62.1 Å². The molecule has 2 aliphatic rings. The molecule has 0 bridgehead atoms. The van der Waals surface area contributed by atoms with E-state index in [1.165, 1.54) is 12.8 Å². The van der Waals surface area contributed by atoms with Crippen molar-refractivity contribution in [1.29, 1.82) is 0 Å². The van der Waals surface area contributed by atoms with Gasteiger partial charge in [0.15, 0.2) is 0 Å². The minimum atomic E-state index is -2.28. The number of benzene rings is 1. The summed E-state index contributed by atoms with van der Waals surface area (Å²) in [5.74, 6) is 2.13. The number of nitrogens with one attached hydrogen (secondary N) is 2. The number of aromatic nitrogens is 5. The molecule has 2 N–H and O–H groups in total. The lowest BCUT2D eigenvalue weighted by molar-refractivity contribution is 0.0456. The average Bonchev–Trinajstić information content (AvgIpc) is 3.44. The van der Waals surface area contributed by atoms with Gasteiger partial charge in [-0.1, -0.05) is 0 Å². The molecule has 8 nitrogen and oxygen atoms in total. The third kappa shape index (κ3) is 5.56. The number of aromatic amines is 1. The average molecular weight is 521 g/mol. The summed E-state index contributed by atoms with van der Waals surface area (Å²) in [4.78, 5) is 16.8. The van der Waals surface area contributed by atoms with E-state index < -0.39 is 6.43 Å². The topological polar surface area (TPSA) is 77.9 Å². The van der Waals surface area contributed by atoms with E-state index >= 15 is 0 Å². The number of fused-ring (bicyclic) bond motifs is 1. The van der Waals surface area contributed by atoms with Crippen molar-refractivity contribution in [1.82, 2.24) is 34.5 Å². The fourth-order valence-corrected chi connectivity index (χ4v) is 5.33. The van der Waals surface area contributed by atoms with Crippen LogP contribution in [0.4, 0.5) is 20.5 Å². The van der Waals surface area contributed by atoms with Gasteiger partial charge in [-0.2, -0.15) is 5.10 Å². The molecule has 1 unspecified atom stereocenters. The van der Waals surface area contributed by atoms with Crippen LogP contribution in [-0.2, 0) is 6.54 Å². The second kappa shape index (κ2) is 10.4. The highest BCUT2D eigenvalue weighted by molar-refractivity contribution is 5.85. The molecule has 1 saturated heterocycles. The minimum absolute atomic E-state index is 0.145. The van der Waals surface area contributed by atoms with Gasteiger partial charge in [-0.3, -0.25) is 14.5 Å². The van der Waals surface area contributed by atoms with Crippen molar-refractivity contribution in [2.24, 2.45) is 5.92 Å². The number of nitrogens with zero attached hydrogens (tertiary/aromatic N) is 6. The zero-order chi connectivity index (χ0) is 26.2. The van der Waals surface area contributed by atoms with Gasteiger partial charge in [0, 0.05) is 56.7 Å². The quantitative estimate of drug-likeness (QED) is 0.315. The number of rotatable bonds is 9. The number of piperazine rings is 1. The van der Waals surface area contributed by atoms with Crippen LogP contribution >= 0.6 is 0 Å². The Balaban J connectivity index is 1.15. The molecule has 10 heteroatoms. The van der Waals surface area contributed by atoms with Crippen LogP contribution in [-0.4, -0.2) is 73.7 Å². The van der Waals surface area contributed by atoms with Gasteiger partial charge in [0.1, 0.15) is 5.82 Å². The fraction of sp³-hybridized carbons (Fsp3) is 0.464. The number of imidazole rings is 1. The Bertz CT molecular complexity index is 1400. The van der Waals surface area contributed by atoms with Crippen LogP contribution < -0.4 is 5.32 Å². The first-order valence-electron chi connectivity index (χ1n) is 13.4. The highest BCUT2D eigenvalue weighted by Crippen LogP contribution is 2.32. The normalized spacial score (nSPS) is 17.9. The third-order valence-electron chi connectivity index (χ3n) is 7.78. The SMILES string of the molecule is Cc1cc2nc(Nc3cc(C(C)N4CCN(CC(F)F)CC4)ccn3)[nH]c2cc1-c1cnn(CC2CC2)c1. The number of H-pyrrole nitrogens is 1. The van der Waals surface area contributed by atoms with Crippen molar-refractivity contribution in [3.63, 3.8) is 0 Å². The summed E-state index contributed by atoms with van der Waals surface area (Å²) < 4.78 is 27.5. The van der Waals surface area contributed by atoms with Crippen molar-refractivity contribution >= 4 is 22.8 Å². The molecule has 3 aromatic heterocycles. The van der Waals surface area contributed by atoms with Gasteiger partial charge in [0.2, 0.25) is 5.95 Å². The molecule has 0 spiro atoms. The maximum absolute atomic E-state index is 12.7. The van der Waals surface area contributed by atoms with Gasteiger partial charge >= 0.3 is 0 Å². The molecule has 1 aromatic carbocycles. The minimum Gasteiger partial charge on any atom is -0.324 e. The molecule has 1 aliphatic heterocycles. The number of hydrogen-bond donors (Lipinski definition) is 2. The van der Waals surface area contributed by atoms with E-state index in [1.807, 2.05) is 23.2 Å². The van der Waals surface area contributed by atoms with Crippen LogP contribution in [0.25, 0.3) is 22.2 Å². The number of hydrogen-bond acceptors (Lipinski definition) is 6. The molecule has 1 saturated carbocycles. The van der Waals surface area contributed by atoms with Gasteiger partial charge < -0.3 is 10.3 Å². The van der Waals surface area contributed by atoms with Crippen LogP contribution in [0, 0.1) is 12.8 Å². The predicted octanol–water partition coefficient (Wildman–Crippen LogP) is 5.23. The second-order valence-corrected chi connectivity index (χ2v) is 10.7. The lowest BCUT2D eigenvalue weighted by atomic mass is 10.0. The molecule has 200 valence electrons. The lowest BCUT2D eigenvalue weighted by Crippen LogP contribution is -2.48. The molecular formula is C28H34F2N8. The smallest absolute Gasteiger partial charge is 0.251 e. The first-order chi connectivity index (χ1) is 18.4. The first kappa shape index (κ1) is 24.9. The number of aryl methyl sites for hydroxylation is 1. The maximum Gasteiger partial charge on any atom is 0.251 e. The van der Waals surface area contributed by atoms with Crippen LogP contribution in [0.2, 0.25) is 0 Å². The standard InChI is InChI=1S/C28H34F2N8/c1-18-11-24-25(13-23(18)22-14-32-38(16-22)15-20-3-4-20)34-28(33-24)35-27-12-21(5-6-31-27)19(2)37-9-7-36(8-10-37)17-26(29)30/h5-6,11-14,16,19-20,26H,3-4,7-10,15,17H2,1-2H3,(H2,31,33,34,35). The van der Waals surface area contributed by atoms with Crippen molar-refractivity contribution in [2.45, 2.75) is 45.7 Å². The number of pyridine rings is 1. The van der Waals surface area contributed by atoms with Gasteiger partial charge in [0.05, 0.1) is 23.8 Å². The molecule has 4 heterocycles. The molecule has 2 fully saturated rings. The van der Waals surface area contributed by atoms with Crippen molar-refractivity contribution in [3.8, 4) is 11.1 Å². The summed E-state index contributed by atoms with van der Waals surface area (Å²) in [6.07, 6.45) is 6.21. The first-order valence-corrected chi connectivity index (χ1v) is 13.4. The van der Waals surface area contributed by atoms with Gasteiger partial charge in [0.25, 0.3) is 6.43 Å². The molecule has 1 atom stereocenters. The van der Waals surface area contributed by atoms with E-state index in [1.54, 1.807) is 6.20 Å². The Morgan fingerprint density at radius 2 is 1.95 bits per heavy atom. The van der Waals surface area contributed by atoms with E-state index in [9.17, 15) is 8.78 Å². The zero-order valence-electron chi connectivity index (χ0n) is 21.9. The van der Waals surface area contributed by atoms with Crippen LogP contribution in [0.3, 0.4) is 0 Å². The monoisotopic (exact) mass is 520 g/mol. The van der Waals surface area contributed by atoms with Gasteiger partial charge in [-0.25, -0.2) is 18.7 Å². The predicted molar refractivity (Wildman–Crippen MR) is 145 cm³/mol. The van der Waals surface area contributed by atoms with Crippen molar-refractivity contribution in [3.05, 3.63) is 54.0 Å². The Morgan fingerprint density at radius 3 is 2.71 bits per heavy atom. The Hall–Kier alpha value is -3.37. The van der Waals surface area contributed by atoms with Crippen LogP contribution in [0.5, 0.6) is 0 Å². The van der Waals surface area contributed by atoms with Crippen LogP contribution in [0.1, 0.15) is 36.9 Å². The molecule has 38 heavy (non-hydrogen) atoms. The molecular weight excluding hydrogens is 486 g/mol. The Kier molecular flexibility index (Phi) is 6.84. The number of alkyl halides is 2. The molecule has 6 rings (SSSR count). The summed E-state index contributed by atoms with van der Waals surface area (Å²) in [6.45, 7) is 7.97. The Morgan fingerprint density at radius 1 is 1.13 bits per heavy atom. The summed E-state index contributed by atoms with van der Waals surface area (Å²) in [6, 6.07) is 8.45. The van der Waals surface area contributed by atoms with Crippen LogP contribution in [0.15, 0.2) is 42.9 Å². The summed E-state index contributed by atoms with van der Waals surface area (Å²) in [5, 5.41) is 7.89. The lowest BCUT2D eigenvalue weighted by Gasteiger charge is -2.38. The van der Waals surface area contributed by atoms with E-state index in [0.29, 0.717) is 24.9 Å². The maximum atomic E-state index is 12.7. The van der Waals surface area contributed by atoms with Crippen molar-refractivity contribution < 1.29 is 8.78 Å². The van der Waals surface area contributed by atoms with E-state index in [0.717, 1.165) is 58.8 Å². The summed E-state index contributed by atoms with van der Waals surface area (Å²) >= 11 is 0. The van der Waals surface area contributed by atoms with Gasteiger partial charge in [-0.05, 0) is 73.6 Å². The molecule has 0 amide bonds. The highest BCUT2D eigenvalue weighted by atomic mass is 19.3. The van der Waals surface area contributed by atoms with E-state index in [4.69, 9.17) is 4.98 Å². The second-order valence-electron chi connectivity index (χ2n) is 10.7. The molecule has 0 radical (unpaired) electrons. The van der Waals surface area contributed by atoms with Gasteiger partial charge in [-0.15, -0.1) is 0 Å². The highest BCUT2D eigenvalue weighted by Gasteiger charge is 2.24. The Labute approximate surface area is 221 Å². The summed E-state index contributed by atoms with van der Waals surface area (Å²) in [7, 11) is 0. The summed E-state index contributed by atoms with van der Waals surface area (Å²) in [5.41, 5.74) is 6.40. The largest absolute Gasteiger partial charge is 0.324 e. The van der Waals surface area contributed by atoms with Crippen molar-refractivity contribution in [2.75, 3.05) is 38.0 Å². The fourth-order valence-electron chi connectivity index (χ4n) is 5.33. The molecule has 4 aromatic rings. The molecule has 1 aliphatic carbocycles. The van der Waals surface area contributed by atoms with E-state index in [-0.39, 0.29) is 12.6 Å². The third-order valence-corrected chi connectivity index (χ3v) is 7.78. The number of halogens is 2. The number of anilines is 2.